The van der Waals surface area contributed by atoms with E-state index in [1.165, 1.54) is 25.0 Å². The van der Waals surface area contributed by atoms with E-state index in [1.807, 2.05) is 6.92 Å². The second-order valence-corrected chi connectivity index (χ2v) is 4.95. The minimum absolute atomic E-state index is 0.147. The third-order valence-electron chi connectivity index (χ3n) is 3.43. The standard InChI is InChI=1S/C14H19F2NO/c1-9(12-6-5-11(15)7-13(12)16)17-14(8-18-2)10-3-4-10/h5-7,9-10,14,17H,3-4,8H2,1-2H3. The molecule has 0 radical (unpaired) electrons. The Balaban J connectivity index is 2.03. The van der Waals surface area contributed by atoms with Crippen LogP contribution in [0.1, 0.15) is 31.4 Å². The largest absolute Gasteiger partial charge is 0.383 e. The Morgan fingerprint density at radius 3 is 2.67 bits per heavy atom. The first-order valence-corrected chi connectivity index (χ1v) is 6.31. The Hall–Kier alpha value is -1.00. The zero-order valence-electron chi connectivity index (χ0n) is 10.7. The quantitative estimate of drug-likeness (QED) is 0.843. The lowest BCUT2D eigenvalue weighted by Gasteiger charge is -2.23. The summed E-state index contributed by atoms with van der Waals surface area (Å²) < 4.78 is 31.7. The summed E-state index contributed by atoms with van der Waals surface area (Å²) in [6.07, 6.45) is 2.39. The van der Waals surface area contributed by atoms with E-state index in [-0.39, 0.29) is 12.1 Å². The first-order chi connectivity index (χ1) is 8.61. The van der Waals surface area contributed by atoms with E-state index in [1.54, 1.807) is 7.11 Å². The number of nitrogens with one attached hydrogen (secondary N) is 1. The second kappa shape index (κ2) is 5.76. The maximum absolute atomic E-state index is 13.6. The zero-order chi connectivity index (χ0) is 13.1. The van der Waals surface area contributed by atoms with Gasteiger partial charge in [0.15, 0.2) is 0 Å². The number of benzene rings is 1. The predicted octanol–water partition coefficient (Wildman–Crippen LogP) is 3.04. The average Bonchev–Trinajstić information content (AvgIpc) is 3.11. The number of hydrogen-bond donors (Lipinski definition) is 1. The molecule has 18 heavy (non-hydrogen) atoms. The summed E-state index contributed by atoms with van der Waals surface area (Å²) in [5.41, 5.74) is 0.498. The molecule has 1 aliphatic rings. The number of halogens is 2. The maximum atomic E-state index is 13.6. The van der Waals surface area contributed by atoms with Crippen LogP contribution in [0.25, 0.3) is 0 Å². The van der Waals surface area contributed by atoms with Gasteiger partial charge in [-0.05, 0) is 31.7 Å². The van der Waals surface area contributed by atoms with Crippen LogP contribution in [0.3, 0.4) is 0 Å². The third-order valence-corrected chi connectivity index (χ3v) is 3.43. The molecule has 1 aromatic carbocycles. The molecule has 0 spiro atoms. The fourth-order valence-electron chi connectivity index (χ4n) is 2.26. The van der Waals surface area contributed by atoms with Crippen molar-refractivity contribution in [2.75, 3.05) is 13.7 Å². The first-order valence-electron chi connectivity index (χ1n) is 6.31. The molecular weight excluding hydrogens is 236 g/mol. The van der Waals surface area contributed by atoms with Crippen LogP contribution in [-0.2, 0) is 4.74 Å². The molecule has 2 unspecified atom stereocenters. The van der Waals surface area contributed by atoms with Crippen LogP contribution in [0.15, 0.2) is 18.2 Å². The molecular formula is C14H19F2NO. The highest BCUT2D eigenvalue weighted by atomic mass is 19.1. The Labute approximate surface area is 106 Å². The molecule has 4 heteroatoms. The lowest BCUT2D eigenvalue weighted by atomic mass is 10.1. The molecule has 1 N–H and O–H groups in total. The van der Waals surface area contributed by atoms with Crippen LogP contribution in [-0.4, -0.2) is 19.8 Å². The molecule has 1 saturated carbocycles. The summed E-state index contributed by atoms with van der Waals surface area (Å²) in [6, 6.07) is 3.81. The van der Waals surface area contributed by atoms with Gasteiger partial charge in [-0.15, -0.1) is 0 Å². The molecule has 0 saturated heterocycles. The van der Waals surface area contributed by atoms with Crippen LogP contribution in [0.2, 0.25) is 0 Å². The molecule has 1 aliphatic carbocycles. The number of ether oxygens (including phenoxy) is 1. The van der Waals surface area contributed by atoms with Crippen LogP contribution < -0.4 is 5.32 Å². The van der Waals surface area contributed by atoms with Gasteiger partial charge in [-0.25, -0.2) is 8.78 Å². The topological polar surface area (TPSA) is 21.3 Å². The van der Waals surface area contributed by atoms with Crippen molar-refractivity contribution in [2.24, 2.45) is 5.92 Å². The lowest BCUT2D eigenvalue weighted by molar-refractivity contribution is 0.152. The molecule has 0 aliphatic heterocycles. The van der Waals surface area contributed by atoms with Crippen molar-refractivity contribution >= 4 is 0 Å². The fraction of sp³-hybridized carbons (Fsp3) is 0.571. The Bertz CT molecular complexity index is 407. The lowest BCUT2D eigenvalue weighted by Crippen LogP contribution is -2.37. The van der Waals surface area contributed by atoms with Crippen molar-refractivity contribution in [1.29, 1.82) is 0 Å². The molecule has 100 valence electrons. The van der Waals surface area contributed by atoms with Crippen LogP contribution in [0.4, 0.5) is 8.78 Å². The van der Waals surface area contributed by atoms with Gasteiger partial charge in [-0.2, -0.15) is 0 Å². The Kier molecular flexibility index (Phi) is 4.30. The molecule has 0 bridgehead atoms. The summed E-state index contributed by atoms with van der Waals surface area (Å²) in [7, 11) is 1.67. The highest BCUT2D eigenvalue weighted by molar-refractivity contribution is 5.21. The second-order valence-electron chi connectivity index (χ2n) is 4.95. The van der Waals surface area contributed by atoms with Gasteiger partial charge in [0, 0.05) is 30.8 Å². The smallest absolute Gasteiger partial charge is 0.130 e. The molecule has 0 aromatic heterocycles. The highest BCUT2D eigenvalue weighted by Gasteiger charge is 2.32. The van der Waals surface area contributed by atoms with Gasteiger partial charge in [0.1, 0.15) is 11.6 Å². The van der Waals surface area contributed by atoms with Crippen molar-refractivity contribution in [3.05, 3.63) is 35.4 Å². The molecule has 1 aromatic rings. The van der Waals surface area contributed by atoms with Gasteiger partial charge < -0.3 is 10.1 Å². The van der Waals surface area contributed by atoms with E-state index in [0.717, 1.165) is 6.07 Å². The Morgan fingerprint density at radius 2 is 2.11 bits per heavy atom. The van der Waals surface area contributed by atoms with Crippen molar-refractivity contribution < 1.29 is 13.5 Å². The minimum Gasteiger partial charge on any atom is -0.383 e. The SMILES string of the molecule is COCC(NC(C)c1ccc(F)cc1F)C1CC1. The van der Waals surface area contributed by atoms with Gasteiger partial charge >= 0.3 is 0 Å². The molecule has 2 atom stereocenters. The molecule has 1 fully saturated rings. The van der Waals surface area contributed by atoms with E-state index in [0.29, 0.717) is 18.1 Å². The van der Waals surface area contributed by atoms with Gasteiger partial charge in [-0.3, -0.25) is 0 Å². The highest BCUT2D eigenvalue weighted by Crippen LogP contribution is 2.34. The van der Waals surface area contributed by atoms with E-state index in [9.17, 15) is 8.78 Å². The van der Waals surface area contributed by atoms with Crippen molar-refractivity contribution in [3.63, 3.8) is 0 Å². The normalized spacial score (nSPS) is 18.7. The minimum atomic E-state index is -0.543. The summed E-state index contributed by atoms with van der Waals surface area (Å²) in [4.78, 5) is 0. The zero-order valence-corrected chi connectivity index (χ0v) is 10.7. The fourth-order valence-corrected chi connectivity index (χ4v) is 2.26. The molecule has 2 nitrogen and oxygen atoms in total. The summed E-state index contributed by atoms with van der Waals surface area (Å²) >= 11 is 0. The van der Waals surface area contributed by atoms with Gasteiger partial charge in [-0.1, -0.05) is 6.07 Å². The molecule has 0 amide bonds. The number of hydrogen-bond acceptors (Lipinski definition) is 2. The summed E-state index contributed by atoms with van der Waals surface area (Å²) in [6.45, 7) is 2.51. The van der Waals surface area contributed by atoms with Crippen LogP contribution in [0, 0.1) is 17.6 Å². The van der Waals surface area contributed by atoms with Gasteiger partial charge in [0.25, 0.3) is 0 Å². The third kappa shape index (κ3) is 3.27. The predicted molar refractivity (Wildman–Crippen MR) is 66.3 cm³/mol. The summed E-state index contributed by atoms with van der Waals surface area (Å²) in [5, 5.41) is 3.37. The van der Waals surface area contributed by atoms with Crippen molar-refractivity contribution in [2.45, 2.75) is 31.8 Å². The molecule has 2 rings (SSSR count). The Morgan fingerprint density at radius 1 is 1.39 bits per heavy atom. The number of rotatable bonds is 6. The number of methoxy groups -OCH3 is 1. The first kappa shape index (κ1) is 13.4. The van der Waals surface area contributed by atoms with Crippen LogP contribution in [0.5, 0.6) is 0 Å². The maximum Gasteiger partial charge on any atom is 0.130 e. The summed E-state index contributed by atoms with van der Waals surface area (Å²) in [5.74, 6) is -0.419. The monoisotopic (exact) mass is 255 g/mol. The van der Waals surface area contributed by atoms with Crippen molar-refractivity contribution in [1.82, 2.24) is 5.32 Å². The van der Waals surface area contributed by atoms with Crippen molar-refractivity contribution in [3.8, 4) is 0 Å². The van der Waals surface area contributed by atoms with E-state index >= 15 is 0 Å². The van der Waals surface area contributed by atoms with Gasteiger partial charge in [0.05, 0.1) is 6.61 Å². The average molecular weight is 255 g/mol. The van der Waals surface area contributed by atoms with E-state index in [4.69, 9.17) is 4.74 Å². The van der Waals surface area contributed by atoms with Gasteiger partial charge in [0.2, 0.25) is 0 Å². The van der Waals surface area contributed by atoms with Crippen LogP contribution >= 0.6 is 0 Å². The molecule has 0 heterocycles. The van der Waals surface area contributed by atoms with E-state index < -0.39 is 11.6 Å². The van der Waals surface area contributed by atoms with E-state index in [2.05, 4.69) is 5.32 Å².